The molecule has 0 atom stereocenters. The van der Waals surface area contributed by atoms with Gasteiger partial charge < -0.3 is 14.4 Å². The number of hydrogen-bond acceptors (Lipinski definition) is 5. The number of nitriles is 1. The first-order valence-corrected chi connectivity index (χ1v) is 10.3. The number of hydrogen-bond donors (Lipinski definition) is 1. The Morgan fingerprint density at radius 2 is 1.75 bits per heavy atom. The van der Waals surface area contributed by atoms with Gasteiger partial charge in [0, 0.05) is 29.9 Å². The van der Waals surface area contributed by atoms with Gasteiger partial charge in [0.2, 0.25) is 0 Å². The molecule has 0 aliphatic rings. The molecular weight excluding hydrogens is 492 g/mol. The van der Waals surface area contributed by atoms with Gasteiger partial charge in [0.1, 0.15) is 23.9 Å². The zero-order valence-electron chi connectivity index (χ0n) is 18.9. The van der Waals surface area contributed by atoms with Gasteiger partial charge in [-0.3, -0.25) is 0 Å². The van der Waals surface area contributed by atoms with Crippen LogP contribution in [0.4, 0.5) is 26.3 Å². The van der Waals surface area contributed by atoms with E-state index >= 15 is 0 Å². The third kappa shape index (κ3) is 6.42. The van der Waals surface area contributed by atoms with E-state index in [4.69, 9.17) is 4.74 Å². The number of carbonyl (C=O) groups excluding carboxylic acids is 1. The SMILES string of the molecule is CC(C)(O)COC(=O)/C(C#N)=C/c1cn(Cc2cc(C(F)(F)F)cc(C(F)(F)F)c2)c2ncccc12. The second kappa shape index (κ2) is 9.66. The molecule has 6 nitrogen and oxygen atoms in total. The van der Waals surface area contributed by atoms with Crippen molar-refractivity contribution in [2.75, 3.05) is 6.61 Å². The van der Waals surface area contributed by atoms with Crippen LogP contribution in [0.15, 0.2) is 48.3 Å². The topological polar surface area (TPSA) is 88.1 Å². The van der Waals surface area contributed by atoms with E-state index in [1.165, 1.54) is 43.0 Å². The number of halogens is 6. The van der Waals surface area contributed by atoms with Gasteiger partial charge in [0.15, 0.2) is 0 Å². The van der Waals surface area contributed by atoms with Crippen LogP contribution < -0.4 is 0 Å². The van der Waals surface area contributed by atoms with E-state index in [2.05, 4.69) is 4.98 Å². The highest BCUT2D eigenvalue weighted by atomic mass is 19.4. The number of pyridine rings is 1. The molecule has 2 aromatic heterocycles. The van der Waals surface area contributed by atoms with Crippen molar-refractivity contribution in [3.05, 3.63) is 70.6 Å². The molecule has 3 rings (SSSR count). The minimum absolute atomic E-state index is 0.0438. The van der Waals surface area contributed by atoms with Crippen molar-refractivity contribution in [1.82, 2.24) is 9.55 Å². The van der Waals surface area contributed by atoms with Gasteiger partial charge in [0.05, 0.1) is 16.7 Å². The molecule has 3 aromatic rings. The van der Waals surface area contributed by atoms with Gasteiger partial charge in [-0.2, -0.15) is 31.6 Å². The first-order chi connectivity index (χ1) is 16.6. The highest BCUT2D eigenvalue weighted by Crippen LogP contribution is 2.36. The number of fused-ring (bicyclic) bond motifs is 1. The molecule has 0 fully saturated rings. The molecule has 0 spiro atoms. The van der Waals surface area contributed by atoms with Crippen LogP contribution in [0.1, 0.15) is 36.1 Å². The molecule has 12 heteroatoms. The van der Waals surface area contributed by atoms with Crippen molar-refractivity contribution in [1.29, 1.82) is 5.26 Å². The van der Waals surface area contributed by atoms with E-state index in [1.54, 1.807) is 12.1 Å². The first kappa shape index (κ1) is 26.7. The zero-order valence-corrected chi connectivity index (χ0v) is 18.9. The quantitative estimate of drug-likeness (QED) is 0.209. The molecule has 0 bridgehead atoms. The van der Waals surface area contributed by atoms with E-state index < -0.39 is 47.2 Å². The Morgan fingerprint density at radius 3 is 2.28 bits per heavy atom. The lowest BCUT2D eigenvalue weighted by Gasteiger charge is -2.16. The van der Waals surface area contributed by atoms with Crippen LogP contribution in [0.2, 0.25) is 0 Å². The summed E-state index contributed by atoms with van der Waals surface area (Å²) < 4.78 is 85.7. The van der Waals surface area contributed by atoms with Crippen molar-refractivity contribution < 1.29 is 41.0 Å². The Hall–Kier alpha value is -3.85. The fraction of sp³-hybridized carbons (Fsp3) is 0.292. The standard InChI is InChI=1S/C24H19F6N3O3/c1-22(2,35)13-36-21(34)15(10-31)8-16-12-33(20-19(16)4-3-5-32-20)11-14-6-17(23(25,26)27)9-18(7-14)24(28,29)30/h3-9,12,35H,11,13H2,1-2H3/b15-8+. The maximum absolute atomic E-state index is 13.2. The fourth-order valence-corrected chi connectivity index (χ4v) is 3.30. The molecule has 0 saturated carbocycles. The summed E-state index contributed by atoms with van der Waals surface area (Å²) in [7, 11) is 0. The largest absolute Gasteiger partial charge is 0.459 e. The number of alkyl halides is 6. The van der Waals surface area contributed by atoms with Crippen LogP contribution in [0.3, 0.4) is 0 Å². The molecule has 1 N–H and O–H groups in total. The summed E-state index contributed by atoms with van der Waals surface area (Å²) in [6.45, 7) is 2.01. The fourth-order valence-electron chi connectivity index (χ4n) is 3.30. The summed E-state index contributed by atoms with van der Waals surface area (Å²) in [5, 5.41) is 19.5. The molecule has 36 heavy (non-hydrogen) atoms. The average Bonchev–Trinajstić information content (AvgIpc) is 3.11. The van der Waals surface area contributed by atoms with Crippen molar-refractivity contribution in [3.8, 4) is 6.07 Å². The monoisotopic (exact) mass is 511 g/mol. The number of nitrogens with zero attached hydrogens (tertiary/aromatic N) is 3. The highest BCUT2D eigenvalue weighted by molar-refractivity contribution is 6.00. The van der Waals surface area contributed by atoms with Crippen LogP contribution >= 0.6 is 0 Å². The van der Waals surface area contributed by atoms with Crippen LogP contribution in [0.25, 0.3) is 17.1 Å². The Balaban J connectivity index is 2.05. The van der Waals surface area contributed by atoms with E-state index in [0.29, 0.717) is 17.5 Å². The Kier molecular flexibility index (Phi) is 7.18. The van der Waals surface area contributed by atoms with Crippen molar-refractivity contribution in [2.24, 2.45) is 0 Å². The minimum atomic E-state index is -4.99. The number of aliphatic hydroxyl groups is 1. The summed E-state index contributed by atoms with van der Waals surface area (Å²) in [6, 6.07) is 6.07. The lowest BCUT2D eigenvalue weighted by molar-refractivity contribution is -0.145. The van der Waals surface area contributed by atoms with Crippen molar-refractivity contribution in [3.63, 3.8) is 0 Å². The average molecular weight is 511 g/mol. The van der Waals surface area contributed by atoms with Crippen molar-refractivity contribution in [2.45, 2.75) is 38.3 Å². The zero-order chi connectivity index (χ0) is 26.9. The highest BCUT2D eigenvalue weighted by Gasteiger charge is 2.37. The molecular formula is C24H19F6N3O3. The molecule has 0 saturated heterocycles. The number of ether oxygens (including phenoxy) is 1. The second-order valence-electron chi connectivity index (χ2n) is 8.56. The van der Waals surface area contributed by atoms with Crippen LogP contribution in [-0.4, -0.2) is 32.8 Å². The number of rotatable bonds is 6. The van der Waals surface area contributed by atoms with Gasteiger partial charge >= 0.3 is 18.3 Å². The summed E-state index contributed by atoms with van der Waals surface area (Å²) in [5.74, 6) is -1.02. The molecule has 0 radical (unpaired) electrons. The Bertz CT molecular complexity index is 1330. The normalized spacial score (nSPS) is 13.1. The molecule has 0 aliphatic heterocycles. The molecule has 1 aromatic carbocycles. The molecule has 190 valence electrons. The van der Waals surface area contributed by atoms with Gasteiger partial charge in [-0.15, -0.1) is 0 Å². The number of aromatic nitrogens is 2. The lowest BCUT2D eigenvalue weighted by Crippen LogP contribution is -2.28. The van der Waals surface area contributed by atoms with Crippen LogP contribution in [-0.2, 0) is 28.4 Å². The maximum atomic E-state index is 13.2. The third-order valence-corrected chi connectivity index (χ3v) is 4.86. The Labute approximate surface area is 201 Å². The predicted octanol–water partition coefficient (Wildman–Crippen LogP) is 5.34. The summed E-state index contributed by atoms with van der Waals surface area (Å²) in [5.41, 5.74) is -4.47. The molecule has 2 heterocycles. The predicted molar refractivity (Wildman–Crippen MR) is 116 cm³/mol. The summed E-state index contributed by atoms with van der Waals surface area (Å²) in [4.78, 5) is 16.4. The summed E-state index contributed by atoms with van der Waals surface area (Å²) in [6.07, 6.45) is -6.09. The van der Waals surface area contributed by atoms with Crippen LogP contribution in [0.5, 0.6) is 0 Å². The Morgan fingerprint density at radius 1 is 1.14 bits per heavy atom. The van der Waals surface area contributed by atoms with E-state index in [0.717, 1.165) is 0 Å². The van der Waals surface area contributed by atoms with Crippen LogP contribution in [0, 0.1) is 11.3 Å². The molecule has 0 aliphatic carbocycles. The lowest BCUT2D eigenvalue weighted by atomic mass is 10.0. The third-order valence-electron chi connectivity index (χ3n) is 4.86. The van der Waals surface area contributed by atoms with Crippen molar-refractivity contribution >= 4 is 23.1 Å². The number of carbonyl (C=O) groups is 1. The van der Waals surface area contributed by atoms with E-state index in [9.17, 15) is 41.5 Å². The molecule has 0 amide bonds. The second-order valence-corrected chi connectivity index (χ2v) is 8.56. The number of esters is 1. The first-order valence-electron chi connectivity index (χ1n) is 10.3. The van der Waals surface area contributed by atoms with E-state index in [1.807, 2.05) is 0 Å². The smallest absolute Gasteiger partial charge is 0.416 e. The van der Waals surface area contributed by atoms with Gasteiger partial charge in [-0.1, -0.05) is 0 Å². The molecule has 0 unspecified atom stereocenters. The van der Waals surface area contributed by atoms with Gasteiger partial charge in [-0.25, -0.2) is 9.78 Å². The maximum Gasteiger partial charge on any atom is 0.416 e. The van der Waals surface area contributed by atoms with Gasteiger partial charge in [-0.05, 0) is 55.8 Å². The van der Waals surface area contributed by atoms with Gasteiger partial charge in [0.25, 0.3) is 0 Å². The van der Waals surface area contributed by atoms with E-state index in [-0.39, 0.29) is 29.4 Å². The summed E-state index contributed by atoms with van der Waals surface area (Å²) >= 11 is 0. The minimum Gasteiger partial charge on any atom is -0.459 e. The number of benzene rings is 1.